The molecule has 4 heteroatoms. The summed E-state index contributed by atoms with van der Waals surface area (Å²) in [6.45, 7) is 6.38. The maximum atomic E-state index is 11.8. The smallest absolute Gasteiger partial charge is 0.143 e. The molecule has 0 atom stereocenters. The average Bonchev–Trinajstić information content (AvgIpc) is 2.77. The predicted molar refractivity (Wildman–Crippen MR) is 142 cm³/mol. The van der Waals surface area contributed by atoms with Gasteiger partial charge < -0.3 is 14.5 Å². The molecule has 0 aromatic heterocycles. The summed E-state index contributed by atoms with van der Waals surface area (Å²) >= 11 is 0. The molecule has 0 saturated heterocycles. The highest BCUT2D eigenvalue weighted by Crippen LogP contribution is 2.36. The molecule has 0 aliphatic carbocycles. The van der Waals surface area contributed by atoms with Crippen molar-refractivity contribution in [2.75, 3.05) is 41.3 Å². The van der Waals surface area contributed by atoms with E-state index in [0.717, 1.165) is 58.5 Å². The Morgan fingerprint density at radius 1 is 0.824 bits per heavy atom. The number of rotatable bonds is 10. The Morgan fingerprint density at radius 2 is 1.53 bits per heavy atom. The van der Waals surface area contributed by atoms with Crippen molar-refractivity contribution in [2.45, 2.75) is 20.4 Å². The first-order valence-electron chi connectivity index (χ1n) is 11.7. The van der Waals surface area contributed by atoms with Gasteiger partial charge in [-0.15, -0.1) is 0 Å². The molecule has 4 nitrogen and oxygen atoms in total. The van der Waals surface area contributed by atoms with Crippen molar-refractivity contribution in [1.82, 2.24) is 9.80 Å². The summed E-state index contributed by atoms with van der Waals surface area (Å²) in [5.41, 5.74) is 8.71. The zero-order valence-corrected chi connectivity index (χ0v) is 21.3. The summed E-state index contributed by atoms with van der Waals surface area (Å²) in [7, 11) is 8.16. The molecule has 0 aliphatic rings. The number of hydrogen-bond acceptors (Lipinski definition) is 4. The summed E-state index contributed by atoms with van der Waals surface area (Å²) in [6, 6.07) is 21.1. The van der Waals surface area contributed by atoms with Crippen molar-refractivity contribution < 1.29 is 9.53 Å². The molecule has 0 spiro atoms. The first-order valence-corrected chi connectivity index (χ1v) is 11.7. The molecule has 0 amide bonds. The molecule has 0 aliphatic heterocycles. The molecule has 0 saturated carbocycles. The van der Waals surface area contributed by atoms with Crippen LogP contribution < -0.4 is 4.74 Å². The van der Waals surface area contributed by atoms with Gasteiger partial charge in [0.25, 0.3) is 0 Å². The predicted octanol–water partition coefficient (Wildman–Crippen LogP) is 5.60. The lowest BCUT2D eigenvalue weighted by Crippen LogP contribution is -2.19. The number of aldehydes is 1. The van der Waals surface area contributed by atoms with E-state index >= 15 is 0 Å². The molecule has 0 N–H and O–H groups in total. The van der Waals surface area contributed by atoms with Crippen LogP contribution in [0.4, 0.5) is 0 Å². The van der Waals surface area contributed by atoms with Crippen LogP contribution in [0.5, 0.6) is 5.75 Å². The standard InChI is InChI=1S/C30H36N2O2/c1-22-17-23(2)19-26(18-22)24-11-12-30(34-16-14-31(3)4)29(20-24)28(13-15-33)27-10-8-7-9-25(27)21-32(5)6/h7-13,15,17-20H,14,16,21H2,1-6H3. The van der Waals surface area contributed by atoms with Crippen molar-refractivity contribution in [3.63, 3.8) is 0 Å². The largest absolute Gasteiger partial charge is 0.492 e. The van der Waals surface area contributed by atoms with Crippen LogP contribution in [0.25, 0.3) is 16.7 Å². The van der Waals surface area contributed by atoms with Crippen molar-refractivity contribution in [3.8, 4) is 16.9 Å². The van der Waals surface area contributed by atoms with Crippen LogP contribution in [0.2, 0.25) is 0 Å². The van der Waals surface area contributed by atoms with Gasteiger partial charge in [0, 0.05) is 18.7 Å². The van der Waals surface area contributed by atoms with Gasteiger partial charge in [0.1, 0.15) is 18.6 Å². The highest BCUT2D eigenvalue weighted by Gasteiger charge is 2.17. The number of hydrogen-bond donors (Lipinski definition) is 0. The van der Waals surface area contributed by atoms with Gasteiger partial charge in [-0.05, 0) is 88.1 Å². The number of likely N-dealkylation sites (N-methyl/N-ethyl adjacent to an activating group) is 1. The zero-order chi connectivity index (χ0) is 24.7. The number of carbonyl (C=O) groups is 1. The van der Waals surface area contributed by atoms with E-state index in [0.29, 0.717) is 6.61 Å². The van der Waals surface area contributed by atoms with Gasteiger partial charge in [-0.3, -0.25) is 4.79 Å². The Labute approximate surface area is 204 Å². The Hall–Kier alpha value is -3.21. The Morgan fingerprint density at radius 3 is 2.18 bits per heavy atom. The molecule has 0 bridgehead atoms. The van der Waals surface area contributed by atoms with E-state index in [4.69, 9.17) is 4.74 Å². The van der Waals surface area contributed by atoms with Crippen LogP contribution in [0.15, 0.2) is 66.7 Å². The second kappa shape index (κ2) is 11.8. The number of ether oxygens (including phenoxy) is 1. The van der Waals surface area contributed by atoms with Gasteiger partial charge in [-0.1, -0.05) is 59.7 Å². The van der Waals surface area contributed by atoms with Crippen LogP contribution in [-0.4, -0.2) is 57.4 Å². The fourth-order valence-corrected chi connectivity index (χ4v) is 4.18. The number of allylic oxidation sites excluding steroid dienone is 1. The van der Waals surface area contributed by atoms with Crippen molar-refractivity contribution in [3.05, 3.63) is 94.6 Å². The van der Waals surface area contributed by atoms with Gasteiger partial charge in [0.2, 0.25) is 0 Å². The molecule has 0 radical (unpaired) electrons. The van der Waals surface area contributed by atoms with Crippen LogP contribution in [0, 0.1) is 13.8 Å². The van der Waals surface area contributed by atoms with Crippen molar-refractivity contribution in [1.29, 1.82) is 0 Å². The Kier molecular flexibility index (Phi) is 8.80. The molecule has 3 rings (SSSR count). The molecule has 0 fully saturated rings. The fraction of sp³-hybridized carbons (Fsp3) is 0.300. The second-order valence-electron chi connectivity index (χ2n) is 9.35. The van der Waals surface area contributed by atoms with Crippen LogP contribution in [-0.2, 0) is 11.3 Å². The summed E-state index contributed by atoms with van der Waals surface area (Å²) < 4.78 is 6.25. The van der Waals surface area contributed by atoms with Crippen molar-refractivity contribution >= 4 is 11.9 Å². The lowest BCUT2D eigenvalue weighted by atomic mass is 9.90. The average molecular weight is 457 g/mol. The van der Waals surface area contributed by atoms with E-state index in [9.17, 15) is 4.79 Å². The molecule has 3 aromatic carbocycles. The summed E-state index contributed by atoms with van der Waals surface area (Å²) in [6.07, 6.45) is 2.53. The van der Waals surface area contributed by atoms with Crippen LogP contribution in [0.3, 0.4) is 0 Å². The van der Waals surface area contributed by atoms with Gasteiger partial charge in [-0.25, -0.2) is 0 Å². The first-order chi connectivity index (χ1) is 16.3. The topological polar surface area (TPSA) is 32.8 Å². The highest BCUT2D eigenvalue weighted by molar-refractivity contribution is 5.93. The second-order valence-corrected chi connectivity index (χ2v) is 9.35. The first kappa shape index (κ1) is 25.4. The van der Waals surface area contributed by atoms with Gasteiger partial charge in [-0.2, -0.15) is 0 Å². The third-order valence-electron chi connectivity index (χ3n) is 5.65. The number of aryl methyl sites for hydroxylation is 2. The van der Waals surface area contributed by atoms with Crippen molar-refractivity contribution in [2.24, 2.45) is 0 Å². The minimum atomic E-state index is 0.566. The molecular weight excluding hydrogens is 420 g/mol. The van der Waals surface area contributed by atoms with Gasteiger partial charge in [0.05, 0.1) is 0 Å². The minimum absolute atomic E-state index is 0.566. The number of carbonyl (C=O) groups excluding carboxylic acids is 1. The lowest BCUT2D eigenvalue weighted by Gasteiger charge is -2.20. The molecule has 34 heavy (non-hydrogen) atoms. The van der Waals surface area contributed by atoms with Crippen LogP contribution in [0.1, 0.15) is 27.8 Å². The molecule has 0 unspecified atom stereocenters. The maximum absolute atomic E-state index is 11.8. The lowest BCUT2D eigenvalue weighted by molar-refractivity contribution is -0.104. The van der Waals surface area contributed by atoms with Gasteiger partial charge in [0.15, 0.2) is 0 Å². The number of nitrogens with zero attached hydrogens (tertiary/aromatic N) is 2. The van der Waals surface area contributed by atoms with Crippen LogP contribution >= 0.6 is 0 Å². The number of benzene rings is 3. The maximum Gasteiger partial charge on any atom is 0.143 e. The Balaban J connectivity index is 2.18. The molecule has 0 heterocycles. The highest BCUT2D eigenvalue weighted by atomic mass is 16.5. The van der Waals surface area contributed by atoms with E-state index < -0.39 is 0 Å². The van der Waals surface area contributed by atoms with E-state index in [1.54, 1.807) is 6.08 Å². The summed E-state index contributed by atoms with van der Waals surface area (Å²) in [4.78, 5) is 16.1. The van der Waals surface area contributed by atoms with E-state index in [2.05, 4.69) is 80.2 Å². The summed E-state index contributed by atoms with van der Waals surface area (Å²) in [5, 5.41) is 0. The third kappa shape index (κ3) is 6.66. The fourth-order valence-electron chi connectivity index (χ4n) is 4.18. The zero-order valence-electron chi connectivity index (χ0n) is 21.3. The minimum Gasteiger partial charge on any atom is -0.492 e. The van der Waals surface area contributed by atoms with E-state index in [1.807, 2.05) is 32.3 Å². The molecular formula is C30H36N2O2. The SMILES string of the molecule is Cc1cc(C)cc(-c2ccc(OCCN(C)C)c(C(=CC=O)c3ccccc3CN(C)C)c2)c1. The Bertz CT molecular complexity index is 1140. The third-order valence-corrected chi connectivity index (χ3v) is 5.65. The quantitative estimate of drug-likeness (QED) is 0.294. The molecule has 178 valence electrons. The summed E-state index contributed by atoms with van der Waals surface area (Å²) in [5.74, 6) is 0.780. The van der Waals surface area contributed by atoms with E-state index in [-0.39, 0.29) is 0 Å². The van der Waals surface area contributed by atoms with E-state index in [1.165, 1.54) is 11.1 Å². The normalized spacial score (nSPS) is 11.8. The molecule has 3 aromatic rings. The van der Waals surface area contributed by atoms with Gasteiger partial charge >= 0.3 is 0 Å². The monoisotopic (exact) mass is 456 g/mol.